The Kier molecular flexibility index (Phi) is 4.35. The van der Waals surface area contributed by atoms with Gasteiger partial charge in [-0.1, -0.05) is 20.8 Å². The second-order valence-electron chi connectivity index (χ2n) is 11.9. The highest BCUT2D eigenvalue weighted by molar-refractivity contribution is 5.92. The lowest BCUT2D eigenvalue weighted by molar-refractivity contribution is 0.0448. The van der Waals surface area contributed by atoms with Crippen molar-refractivity contribution >= 4 is 17.1 Å². The predicted molar refractivity (Wildman–Crippen MR) is 125 cm³/mol. The number of alkyl halides is 2. The van der Waals surface area contributed by atoms with Crippen molar-refractivity contribution in [1.82, 2.24) is 28.6 Å². The molecule has 0 aromatic carbocycles. The lowest BCUT2D eigenvalue weighted by Crippen LogP contribution is -2.30. The van der Waals surface area contributed by atoms with Gasteiger partial charge >= 0.3 is 5.69 Å². The Morgan fingerprint density at radius 3 is 2.60 bits per heavy atom. The molecule has 186 valence electrons. The van der Waals surface area contributed by atoms with Crippen LogP contribution in [0.3, 0.4) is 0 Å². The highest BCUT2D eigenvalue weighted by Crippen LogP contribution is 2.78. The third-order valence-electron chi connectivity index (χ3n) is 8.22. The van der Waals surface area contributed by atoms with Crippen LogP contribution in [0.2, 0.25) is 0 Å². The van der Waals surface area contributed by atoms with E-state index in [0.717, 1.165) is 0 Å². The van der Waals surface area contributed by atoms with Crippen LogP contribution in [0, 0.1) is 23.2 Å². The van der Waals surface area contributed by atoms with E-state index in [-0.39, 0.29) is 35.3 Å². The Balaban J connectivity index is 1.32. The van der Waals surface area contributed by atoms with Crippen molar-refractivity contribution in [2.45, 2.75) is 45.1 Å². The summed E-state index contributed by atoms with van der Waals surface area (Å²) >= 11 is 0. The quantitative estimate of drug-likeness (QED) is 0.573. The molecule has 4 atom stereocenters. The molecule has 4 unspecified atom stereocenters. The average Bonchev–Trinajstić information content (AvgIpc) is 3.33. The first-order valence-corrected chi connectivity index (χ1v) is 12.1. The standard InChI is InChI=1S/C25H30F2N6O2/c1-23(2,3)12-33-17-6-7-18(29-20(17)31(5)22(33)35)24-8-14-9-32(10-15(14)19(24)25(24,26)27)21(34)16-11-30(4)13-28-16/h6-7,11,13-15,19H,8-10,12H2,1-5H3. The van der Waals surface area contributed by atoms with Gasteiger partial charge in [-0.2, -0.15) is 0 Å². The van der Waals surface area contributed by atoms with Gasteiger partial charge in [0.1, 0.15) is 5.69 Å². The summed E-state index contributed by atoms with van der Waals surface area (Å²) in [6.07, 6.45) is 3.51. The molecule has 0 N–H and O–H groups in total. The van der Waals surface area contributed by atoms with E-state index in [1.54, 1.807) is 52.8 Å². The molecule has 2 saturated carbocycles. The zero-order chi connectivity index (χ0) is 25.1. The summed E-state index contributed by atoms with van der Waals surface area (Å²) in [5, 5.41) is 0. The van der Waals surface area contributed by atoms with Gasteiger partial charge in [0.15, 0.2) is 5.65 Å². The zero-order valence-corrected chi connectivity index (χ0v) is 20.6. The summed E-state index contributed by atoms with van der Waals surface area (Å²) in [5.74, 6) is -4.21. The maximum atomic E-state index is 15.4. The number of carbonyl (C=O) groups excluding carboxylic acids is 1. The monoisotopic (exact) mass is 484 g/mol. The van der Waals surface area contributed by atoms with Crippen molar-refractivity contribution in [2.24, 2.45) is 37.3 Å². The number of nitrogens with zero attached hydrogens (tertiary/aromatic N) is 6. The van der Waals surface area contributed by atoms with Crippen molar-refractivity contribution in [3.63, 3.8) is 0 Å². The lowest BCUT2D eigenvalue weighted by Gasteiger charge is -2.20. The van der Waals surface area contributed by atoms with E-state index in [9.17, 15) is 9.59 Å². The van der Waals surface area contributed by atoms with Crippen molar-refractivity contribution in [1.29, 1.82) is 0 Å². The molecule has 10 heteroatoms. The number of amides is 1. The minimum atomic E-state index is -2.88. The number of carbonyl (C=O) groups is 1. The summed E-state index contributed by atoms with van der Waals surface area (Å²) in [7, 11) is 3.43. The van der Waals surface area contributed by atoms with Crippen LogP contribution >= 0.6 is 0 Å². The Bertz CT molecular complexity index is 1430. The highest BCUT2D eigenvalue weighted by Gasteiger charge is 2.88. The van der Waals surface area contributed by atoms with Gasteiger partial charge in [-0.25, -0.2) is 23.5 Å². The number of pyridine rings is 1. The number of rotatable bonds is 3. The number of hydrogen-bond donors (Lipinski definition) is 0. The molecule has 35 heavy (non-hydrogen) atoms. The molecule has 8 nitrogen and oxygen atoms in total. The van der Waals surface area contributed by atoms with E-state index in [4.69, 9.17) is 0 Å². The molecule has 2 aliphatic carbocycles. The van der Waals surface area contributed by atoms with Crippen molar-refractivity contribution in [3.05, 3.63) is 46.5 Å². The van der Waals surface area contributed by atoms with Crippen molar-refractivity contribution in [3.8, 4) is 0 Å². The summed E-state index contributed by atoms with van der Waals surface area (Å²) < 4.78 is 35.7. The average molecular weight is 485 g/mol. The van der Waals surface area contributed by atoms with Crippen LogP contribution in [0.4, 0.5) is 8.78 Å². The molecule has 0 spiro atoms. The first-order valence-electron chi connectivity index (χ1n) is 12.1. The van der Waals surface area contributed by atoms with Crippen LogP contribution in [-0.4, -0.2) is 53.5 Å². The molecule has 3 aromatic rings. The molecule has 0 bridgehead atoms. The van der Waals surface area contributed by atoms with Crippen LogP contribution < -0.4 is 5.69 Å². The second kappa shape index (κ2) is 6.79. The Morgan fingerprint density at radius 1 is 1.20 bits per heavy atom. The smallest absolute Gasteiger partial charge is 0.330 e. The first kappa shape index (κ1) is 22.4. The molecule has 3 aliphatic rings. The van der Waals surface area contributed by atoms with E-state index in [2.05, 4.69) is 9.97 Å². The Labute approximate surface area is 201 Å². The van der Waals surface area contributed by atoms with Crippen LogP contribution in [0.25, 0.3) is 11.2 Å². The number of aryl methyl sites for hydroxylation is 2. The number of imidazole rings is 2. The molecule has 3 fully saturated rings. The molecular formula is C25H30F2N6O2. The van der Waals surface area contributed by atoms with Gasteiger partial charge in [0.25, 0.3) is 11.8 Å². The van der Waals surface area contributed by atoms with Gasteiger partial charge < -0.3 is 9.47 Å². The predicted octanol–water partition coefficient (Wildman–Crippen LogP) is 2.81. The molecular weight excluding hydrogens is 454 g/mol. The maximum Gasteiger partial charge on any atom is 0.330 e. The van der Waals surface area contributed by atoms with E-state index in [1.807, 2.05) is 20.8 Å². The number of halogens is 2. The third-order valence-corrected chi connectivity index (χ3v) is 8.22. The van der Waals surface area contributed by atoms with Gasteiger partial charge in [-0.15, -0.1) is 0 Å². The molecule has 3 aromatic heterocycles. The minimum absolute atomic E-state index is 0.000840. The fourth-order valence-electron chi connectivity index (χ4n) is 6.72. The van der Waals surface area contributed by atoms with E-state index >= 15 is 8.78 Å². The maximum absolute atomic E-state index is 15.4. The van der Waals surface area contributed by atoms with Crippen molar-refractivity contribution in [2.75, 3.05) is 13.1 Å². The minimum Gasteiger partial charge on any atom is -0.340 e. The summed E-state index contributed by atoms with van der Waals surface area (Å²) in [6.45, 7) is 7.43. The Hall–Kier alpha value is -3.04. The van der Waals surface area contributed by atoms with Crippen LogP contribution in [0.5, 0.6) is 0 Å². The summed E-state index contributed by atoms with van der Waals surface area (Å²) in [6, 6.07) is 3.46. The van der Waals surface area contributed by atoms with Crippen LogP contribution in [-0.2, 0) is 26.1 Å². The summed E-state index contributed by atoms with van der Waals surface area (Å²) in [4.78, 5) is 36.2. The molecule has 1 aliphatic heterocycles. The number of fused-ring (bicyclic) bond motifs is 4. The van der Waals surface area contributed by atoms with Crippen LogP contribution in [0.15, 0.2) is 29.5 Å². The third kappa shape index (κ3) is 2.94. The first-order chi connectivity index (χ1) is 16.3. The molecule has 1 saturated heterocycles. The van der Waals surface area contributed by atoms with Gasteiger partial charge in [0, 0.05) is 45.8 Å². The molecule has 1 amide bonds. The molecule has 6 rings (SSSR count). The summed E-state index contributed by atoms with van der Waals surface area (Å²) in [5.41, 5.74) is 0.178. The Morgan fingerprint density at radius 2 is 1.94 bits per heavy atom. The highest BCUT2D eigenvalue weighted by atomic mass is 19.3. The zero-order valence-electron chi connectivity index (χ0n) is 20.6. The fraction of sp³-hybridized carbons (Fsp3) is 0.600. The second-order valence-corrected chi connectivity index (χ2v) is 11.9. The topological polar surface area (TPSA) is 78.0 Å². The largest absolute Gasteiger partial charge is 0.340 e. The fourth-order valence-corrected chi connectivity index (χ4v) is 6.72. The van der Waals surface area contributed by atoms with Gasteiger partial charge in [0.05, 0.1) is 23.0 Å². The van der Waals surface area contributed by atoms with Crippen molar-refractivity contribution < 1.29 is 13.6 Å². The SMILES string of the molecule is Cn1cnc(C(=O)N2CC3CC4(c5ccc6c(n5)n(C)c(=O)n6CC(C)(C)C)C(C3C2)C4(F)F)c1. The molecule has 4 heterocycles. The molecule has 0 radical (unpaired) electrons. The normalized spacial score (nSPS) is 29.0. The van der Waals surface area contributed by atoms with Crippen LogP contribution in [0.1, 0.15) is 43.4 Å². The van der Waals surface area contributed by atoms with E-state index in [0.29, 0.717) is 42.2 Å². The van der Waals surface area contributed by atoms with Gasteiger partial charge in [-0.3, -0.25) is 13.9 Å². The lowest BCUT2D eigenvalue weighted by atomic mass is 9.91. The number of hydrogen-bond acceptors (Lipinski definition) is 4. The number of likely N-dealkylation sites (tertiary alicyclic amines) is 1. The van der Waals surface area contributed by atoms with Gasteiger partial charge in [0.2, 0.25) is 0 Å². The van der Waals surface area contributed by atoms with Gasteiger partial charge in [-0.05, 0) is 35.8 Å². The van der Waals surface area contributed by atoms with E-state index < -0.39 is 17.3 Å². The van der Waals surface area contributed by atoms with E-state index in [1.165, 1.54) is 4.57 Å². The number of aromatic nitrogens is 5.